The lowest BCUT2D eigenvalue weighted by atomic mass is 10.1. The average Bonchev–Trinajstić information content (AvgIpc) is 3.01. The van der Waals surface area contributed by atoms with Gasteiger partial charge < -0.3 is 20.3 Å². The molecule has 2 unspecified atom stereocenters. The Hall–Kier alpha value is -3.07. The van der Waals surface area contributed by atoms with E-state index in [9.17, 15) is 22.4 Å². The molecule has 2 aromatic rings. The van der Waals surface area contributed by atoms with E-state index in [0.29, 0.717) is 18.8 Å². The Kier molecular flexibility index (Phi) is 5.38. The monoisotopic (exact) mass is 435 g/mol. The molecule has 4 rings (SSSR count). The summed E-state index contributed by atoms with van der Waals surface area (Å²) in [6.45, 7) is 4.34. The molecule has 0 bridgehead atoms. The summed E-state index contributed by atoms with van der Waals surface area (Å²) < 4.78 is 61.2. The van der Waals surface area contributed by atoms with Gasteiger partial charge in [-0.05, 0) is 44.2 Å². The van der Waals surface area contributed by atoms with Gasteiger partial charge in [0, 0.05) is 36.2 Å². The molecule has 1 amide bonds. The number of carbonyl (C=O) groups excluding carboxylic acids is 1. The molecule has 2 N–H and O–H groups in total. The van der Waals surface area contributed by atoms with E-state index in [4.69, 9.17) is 4.74 Å². The molecular weight excluding hydrogens is 414 g/mol. The van der Waals surface area contributed by atoms with Crippen LogP contribution in [0.1, 0.15) is 25.0 Å². The normalized spacial score (nSPS) is 22.5. The number of amides is 1. The van der Waals surface area contributed by atoms with Crippen molar-refractivity contribution in [2.24, 2.45) is 0 Å². The standard InChI is InChI=1S/C22H21F4N3O2/c1-12-10-29(11-13(2)31-12)19-7-6-14(8-16(19)22(24,25)26)27-9-15-20-17(23)4-3-5-18(20)28-21(15)30/h3-9,12-13,27H,10-11H2,1-2H3,(H,28,30)/b15-9+. The van der Waals surface area contributed by atoms with Crippen molar-refractivity contribution >= 4 is 28.5 Å². The van der Waals surface area contributed by atoms with Gasteiger partial charge in [0.25, 0.3) is 5.91 Å². The van der Waals surface area contributed by atoms with Gasteiger partial charge in [0.15, 0.2) is 0 Å². The summed E-state index contributed by atoms with van der Waals surface area (Å²) in [4.78, 5) is 13.8. The number of anilines is 3. The highest BCUT2D eigenvalue weighted by Crippen LogP contribution is 2.39. The van der Waals surface area contributed by atoms with Crippen LogP contribution in [0.5, 0.6) is 0 Å². The molecule has 2 atom stereocenters. The van der Waals surface area contributed by atoms with Crippen LogP contribution in [0.4, 0.5) is 34.6 Å². The SMILES string of the molecule is CC1CN(c2ccc(N/C=C3/C(=O)Nc4cccc(F)c43)cc2C(F)(F)F)CC(C)O1. The van der Waals surface area contributed by atoms with Crippen LogP contribution in [0.2, 0.25) is 0 Å². The molecular formula is C22H21F4N3O2. The van der Waals surface area contributed by atoms with Gasteiger partial charge in [-0.15, -0.1) is 0 Å². The number of ether oxygens (including phenoxy) is 1. The molecule has 0 saturated carbocycles. The lowest BCUT2D eigenvalue weighted by Gasteiger charge is -2.38. The first-order chi connectivity index (χ1) is 14.6. The molecule has 9 heteroatoms. The number of alkyl halides is 3. The minimum Gasteiger partial charge on any atom is -0.372 e. The molecule has 2 aromatic carbocycles. The highest BCUT2D eigenvalue weighted by molar-refractivity contribution is 6.31. The van der Waals surface area contributed by atoms with E-state index in [2.05, 4.69) is 10.6 Å². The number of halogens is 4. The maximum absolute atomic E-state index is 14.2. The van der Waals surface area contributed by atoms with Crippen molar-refractivity contribution in [3.05, 3.63) is 59.5 Å². The first-order valence-corrected chi connectivity index (χ1v) is 9.82. The zero-order valence-corrected chi connectivity index (χ0v) is 16.9. The van der Waals surface area contributed by atoms with E-state index in [0.717, 1.165) is 6.07 Å². The van der Waals surface area contributed by atoms with Crippen LogP contribution in [0, 0.1) is 5.82 Å². The Morgan fingerprint density at radius 3 is 2.55 bits per heavy atom. The Balaban J connectivity index is 1.65. The summed E-state index contributed by atoms with van der Waals surface area (Å²) in [7, 11) is 0. The van der Waals surface area contributed by atoms with Crippen LogP contribution >= 0.6 is 0 Å². The summed E-state index contributed by atoms with van der Waals surface area (Å²) in [6, 6.07) is 8.13. The van der Waals surface area contributed by atoms with Crippen LogP contribution in [0.25, 0.3) is 5.57 Å². The second-order valence-electron chi connectivity index (χ2n) is 7.71. The van der Waals surface area contributed by atoms with Crippen LogP contribution in [-0.4, -0.2) is 31.2 Å². The lowest BCUT2D eigenvalue weighted by Crippen LogP contribution is -2.46. The maximum Gasteiger partial charge on any atom is 0.418 e. The van der Waals surface area contributed by atoms with Gasteiger partial charge in [-0.2, -0.15) is 13.2 Å². The van der Waals surface area contributed by atoms with Gasteiger partial charge in [0.2, 0.25) is 0 Å². The van der Waals surface area contributed by atoms with E-state index in [1.54, 1.807) is 11.0 Å². The fraction of sp³-hybridized carbons (Fsp3) is 0.318. The number of hydrogen-bond acceptors (Lipinski definition) is 4. The van der Waals surface area contributed by atoms with Crippen molar-refractivity contribution in [1.29, 1.82) is 0 Å². The predicted octanol–water partition coefficient (Wildman–Crippen LogP) is 4.86. The Labute approximate surface area is 176 Å². The number of nitrogens with one attached hydrogen (secondary N) is 2. The van der Waals surface area contributed by atoms with Gasteiger partial charge in [0.05, 0.1) is 29.0 Å². The molecule has 2 heterocycles. The predicted molar refractivity (Wildman–Crippen MR) is 110 cm³/mol. The Morgan fingerprint density at radius 2 is 1.87 bits per heavy atom. The largest absolute Gasteiger partial charge is 0.418 e. The number of rotatable bonds is 3. The zero-order valence-electron chi connectivity index (χ0n) is 16.9. The maximum atomic E-state index is 14.2. The molecule has 0 spiro atoms. The molecule has 1 saturated heterocycles. The van der Waals surface area contributed by atoms with Gasteiger partial charge in [-0.25, -0.2) is 4.39 Å². The Bertz CT molecular complexity index is 1040. The third kappa shape index (κ3) is 4.23. The van der Waals surface area contributed by atoms with Crippen molar-refractivity contribution in [2.75, 3.05) is 28.6 Å². The molecule has 1 fully saturated rings. The van der Waals surface area contributed by atoms with E-state index in [1.807, 2.05) is 13.8 Å². The number of hydrogen-bond donors (Lipinski definition) is 2. The number of benzene rings is 2. The minimum atomic E-state index is -4.58. The van der Waals surface area contributed by atoms with E-state index in [-0.39, 0.29) is 34.7 Å². The van der Waals surface area contributed by atoms with Crippen molar-refractivity contribution in [3.63, 3.8) is 0 Å². The summed E-state index contributed by atoms with van der Waals surface area (Å²) in [5.41, 5.74) is -0.164. The van der Waals surface area contributed by atoms with Crippen LogP contribution < -0.4 is 15.5 Å². The van der Waals surface area contributed by atoms with Gasteiger partial charge in [-0.3, -0.25) is 4.79 Å². The smallest absolute Gasteiger partial charge is 0.372 e. The third-order valence-electron chi connectivity index (χ3n) is 5.22. The molecule has 2 aliphatic rings. The highest BCUT2D eigenvalue weighted by Gasteiger charge is 2.37. The second kappa shape index (κ2) is 7.88. The highest BCUT2D eigenvalue weighted by atomic mass is 19.4. The number of fused-ring (bicyclic) bond motifs is 1. The fourth-order valence-electron chi connectivity index (χ4n) is 4.00. The topological polar surface area (TPSA) is 53.6 Å². The van der Waals surface area contributed by atoms with Crippen molar-refractivity contribution in [1.82, 2.24) is 0 Å². The number of nitrogens with zero attached hydrogens (tertiary/aromatic N) is 1. The minimum absolute atomic E-state index is 0.0153. The summed E-state index contributed by atoms with van der Waals surface area (Å²) in [5.74, 6) is -1.12. The summed E-state index contributed by atoms with van der Waals surface area (Å²) in [6.07, 6.45) is -3.74. The van der Waals surface area contributed by atoms with E-state index >= 15 is 0 Å². The summed E-state index contributed by atoms with van der Waals surface area (Å²) in [5, 5.41) is 5.25. The van der Waals surface area contributed by atoms with Gasteiger partial charge >= 0.3 is 6.18 Å². The van der Waals surface area contributed by atoms with Crippen molar-refractivity contribution < 1.29 is 27.1 Å². The molecule has 5 nitrogen and oxygen atoms in total. The lowest BCUT2D eigenvalue weighted by molar-refractivity contribution is -0.137. The first-order valence-electron chi connectivity index (χ1n) is 9.82. The molecule has 31 heavy (non-hydrogen) atoms. The van der Waals surface area contributed by atoms with Crippen molar-refractivity contribution in [2.45, 2.75) is 32.2 Å². The quantitative estimate of drug-likeness (QED) is 0.534. The molecule has 2 aliphatic heterocycles. The van der Waals surface area contributed by atoms with Gasteiger partial charge in [0.1, 0.15) is 5.82 Å². The number of morpholine rings is 1. The average molecular weight is 435 g/mol. The van der Waals surface area contributed by atoms with Crippen LogP contribution in [0.3, 0.4) is 0 Å². The number of carbonyl (C=O) groups is 1. The van der Waals surface area contributed by atoms with Crippen molar-refractivity contribution in [3.8, 4) is 0 Å². The zero-order chi connectivity index (χ0) is 22.3. The van der Waals surface area contributed by atoms with Crippen LogP contribution in [0.15, 0.2) is 42.6 Å². The molecule has 0 radical (unpaired) electrons. The second-order valence-corrected chi connectivity index (χ2v) is 7.71. The van der Waals surface area contributed by atoms with E-state index in [1.165, 1.54) is 30.5 Å². The first kappa shape index (κ1) is 21.2. The van der Waals surface area contributed by atoms with Crippen LogP contribution in [-0.2, 0) is 15.7 Å². The Morgan fingerprint density at radius 1 is 1.16 bits per heavy atom. The molecule has 0 aliphatic carbocycles. The van der Waals surface area contributed by atoms with E-state index < -0.39 is 23.5 Å². The van der Waals surface area contributed by atoms with Gasteiger partial charge in [-0.1, -0.05) is 6.07 Å². The molecule has 0 aromatic heterocycles. The third-order valence-corrected chi connectivity index (χ3v) is 5.22. The fourth-order valence-corrected chi connectivity index (χ4v) is 4.00. The molecule has 164 valence electrons. The summed E-state index contributed by atoms with van der Waals surface area (Å²) >= 11 is 0.